The van der Waals surface area contributed by atoms with Gasteiger partial charge in [0.05, 0.1) is 7.11 Å². The molecule has 0 spiro atoms. The van der Waals surface area contributed by atoms with E-state index in [2.05, 4.69) is 15.5 Å². The highest BCUT2D eigenvalue weighted by Gasteiger charge is 2.31. The van der Waals surface area contributed by atoms with Crippen LogP contribution in [-0.2, 0) is 11.8 Å². The topological polar surface area (TPSA) is 69.0 Å². The number of methoxy groups -OCH3 is 1. The van der Waals surface area contributed by atoms with Gasteiger partial charge in [-0.15, -0.1) is 10.2 Å². The maximum Gasteiger partial charge on any atom is 0.242 e. The quantitative estimate of drug-likeness (QED) is 0.609. The van der Waals surface area contributed by atoms with E-state index in [0.29, 0.717) is 17.4 Å². The predicted octanol–water partition coefficient (Wildman–Crippen LogP) is 4.17. The number of ether oxygens (including phenoxy) is 1. The summed E-state index contributed by atoms with van der Waals surface area (Å²) in [5, 5.41) is 12.0. The Morgan fingerprint density at radius 2 is 1.96 bits per heavy atom. The van der Waals surface area contributed by atoms with Crippen LogP contribution in [0.2, 0.25) is 0 Å². The van der Waals surface area contributed by atoms with Crippen LogP contribution >= 0.6 is 11.8 Å². The summed E-state index contributed by atoms with van der Waals surface area (Å²) in [5.74, 6) is 2.10. The van der Waals surface area contributed by atoms with Crippen molar-refractivity contribution < 1.29 is 9.53 Å². The first kappa shape index (κ1) is 18.6. The smallest absolute Gasteiger partial charge is 0.242 e. The van der Waals surface area contributed by atoms with E-state index in [1.807, 2.05) is 60.1 Å². The molecule has 1 N–H and O–H groups in total. The molecule has 4 rings (SSSR count). The van der Waals surface area contributed by atoms with Crippen molar-refractivity contribution in [2.45, 2.75) is 29.2 Å². The van der Waals surface area contributed by atoms with Gasteiger partial charge in [-0.25, -0.2) is 0 Å². The Morgan fingerprint density at radius 1 is 1.18 bits per heavy atom. The van der Waals surface area contributed by atoms with Crippen molar-refractivity contribution in [2.24, 2.45) is 7.05 Å². The van der Waals surface area contributed by atoms with Crippen LogP contribution < -0.4 is 10.1 Å². The lowest BCUT2D eigenvalue weighted by Crippen LogP contribution is -2.19. The minimum absolute atomic E-state index is 0.111. The van der Waals surface area contributed by atoms with Crippen molar-refractivity contribution in [3.8, 4) is 5.75 Å². The summed E-state index contributed by atoms with van der Waals surface area (Å²) >= 11 is 1.42. The van der Waals surface area contributed by atoms with Crippen molar-refractivity contribution in [1.82, 2.24) is 14.8 Å². The van der Waals surface area contributed by atoms with Gasteiger partial charge in [0.25, 0.3) is 0 Å². The highest BCUT2D eigenvalue weighted by molar-refractivity contribution is 8.00. The van der Waals surface area contributed by atoms with E-state index in [9.17, 15) is 4.79 Å². The molecule has 7 heteroatoms. The third-order valence-corrected chi connectivity index (χ3v) is 6.00. The maximum atomic E-state index is 13.2. The Bertz CT molecular complexity index is 970. The number of hydrogen-bond acceptors (Lipinski definition) is 5. The minimum atomic E-state index is -0.442. The van der Waals surface area contributed by atoms with Gasteiger partial charge >= 0.3 is 0 Å². The highest BCUT2D eigenvalue weighted by Crippen LogP contribution is 2.41. The van der Waals surface area contributed by atoms with Gasteiger partial charge in [-0.2, -0.15) is 0 Å². The second-order valence-electron chi connectivity index (χ2n) is 6.80. The predicted molar refractivity (Wildman–Crippen MR) is 110 cm³/mol. The minimum Gasteiger partial charge on any atom is -0.497 e. The summed E-state index contributed by atoms with van der Waals surface area (Å²) < 4.78 is 7.26. The number of rotatable bonds is 7. The van der Waals surface area contributed by atoms with E-state index >= 15 is 0 Å². The Labute approximate surface area is 168 Å². The molecule has 28 heavy (non-hydrogen) atoms. The van der Waals surface area contributed by atoms with Crippen LogP contribution in [0.3, 0.4) is 0 Å². The zero-order chi connectivity index (χ0) is 19.5. The standard InChI is InChI=1S/C21H22N4O2S/c1-25-19(15-11-12-15)23-24-21(25)28-18(14-7-4-3-5-8-14)20(26)22-16-9-6-10-17(13-16)27-2/h3-10,13,15,18H,11-12H2,1-2H3,(H,22,26)/t18-/m1/s1. The number of hydrogen-bond donors (Lipinski definition) is 1. The van der Waals surface area contributed by atoms with E-state index in [0.717, 1.165) is 29.4 Å². The lowest BCUT2D eigenvalue weighted by Gasteiger charge is -2.17. The van der Waals surface area contributed by atoms with Crippen LogP contribution in [0.1, 0.15) is 35.4 Å². The average Bonchev–Trinajstić information content (AvgIpc) is 3.50. The first-order valence-corrected chi connectivity index (χ1v) is 10.1. The largest absolute Gasteiger partial charge is 0.497 e. The first-order valence-electron chi connectivity index (χ1n) is 9.21. The van der Waals surface area contributed by atoms with Gasteiger partial charge in [0, 0.05) is 24.7 Å². The fourth-order valence-corrected chi connectivity index (χ4v) is 4.05. The zero-order valence-corrected chi connectivity index (χ0v) is 16.6. The molecule has 0 saturated heterocycles. The number of nitrogens with one attached hydrogen (secondary N) is 1. The Morgan fingerprint density at radius 3 is 2.68 bits per heavy atom. The second kappa shape index (κ2) is 8.06. The van der Waals surface area contributed by atoms with Crippen LogP contribution in [0.15, 0.2) is 59.8 Å². The zero-order valence-electron chi connectivity index (χ0n) is 15.8. The first-order chi connectivity index (χ1) is 13.7. The summed E-state index contributed by atoms with van der Waals surface area (Å²) in [4.78, 5) is 13.2. The fraction of sp³-hybridized carbons (Fsp3) is 0.286. The summed E-state index contributed by atoms with van der Waals surface area (Å²) in [6.07, 6.45) is 2.32. The lowest BCUT2D eigenvalue weighted by atomic mass is 10.1. The number of anilines is 1. The van der Waals surface area contributed by atoms with Gasteiger partial charge in [0.15, 0.2) is 5.16 Å². The van der Waals surface area contributed by atoms with Gasteiger partial charge in [0.1, 0.15) is 16.8 Å². The van der Waals surface area contributed by atoms with Crippen molar-refractivity contribution in [3.63, 3.8) is 0 Å². The number of thioether (sulfide) groups is 1. The van der Waals surface area contributed by atoms with Crippen molar-refractivity contribution in [3.05, 3.63) is 66.0 Å². The van der Waals surface area contributed by atoms with E-state index < -0.39 is 5.25 Å². The summed E-state index contributed by atoms with van der Waals surface area (Å²) in [6.45, 7) is 0. The van der Waals surface area contributed by atoms with Gasteiger partial charge in [-0.3, -0.25) is 4.79 Å². The molecule has 6 nitrogen and oxygen atoms in total. The highest BCUT2D eigenvalue weighted by atomic mass is 32.2. The van der Waals surface area contributed by atoms with Crippen LogP contribution in [-0.4, -0.2) is 27.8 Å². The normalized spacial score (nSPS) is 14.5. The molecular weight excluding hydrogens is 372 g/mol. The Balaban J connectivity index is 1.59. The average molecular weight is 395 g/mol. The fourth-order valence-electron chi connectivity index (χ4n) is 3.04. The SMILES string of the molecule is COc1cccc(NC(=O)[C@H](Sc2nnc(C3CC3)n2C)c2ccccc2)c1. The summed E-state index contributed by atoms with van der Waals surface area (Å²) in [6, 6.07) is 17.1. The number of amides is 1. The van der Waals surface area contributed by atoms with E-state index in [-0.39, 0.29) is 5.91 Å². The maximum absolute atomic E-state index is 13.2. The van der Waals surface area contributed by atoms with E-state index in [4.69, 9.17) is 4.74 Å². The van der Waals surface area contributed by atoms with Crippen LogP contribution in [0.4, 0.5) is 5.69 Å². The number of benzene rings is 2. The van der Waals surface area contributed by atoms with Gasteiger partial charge in [0.2, 0.25) is 5.91 Å². The molecule has 3 aromatic rings. The molecule has 0 aliphatic heterocycles. The molecule has 1 amide bonds. The van der Waals surface area contributed by atoms with Crippen molar-refractivity contribution >= 4 is 23.4 Å². The number of carbonyl (C=O) groups excluding carboxylic acids is 1. The van der Waals surface area contributed by atoms with Crippen LogP contribution in [0.5, 0.6) is 5.75 Å². The monoisotopic (exact) mass is 394 g/mol. The van der Waals surface area contributed by atoms with Crippen molar-refractivity contribution in [1.29, 1.82) is 0 Å². The Hall–Kier alpha value is -2.80. The molecule has 2 aromatic carbocycles. The molecule has 0 unspecified atom stereocenters. The third-order valence-electron chi connectivity index (χ3n) is 4.71. The molecule has 144 valence electrons. The molecule has 1 saturated carbocycles. The van der Waals surface area contributed by atoms with Crippen LogP contribution in [0.25, 0.3) is 0 Å². The van der Waals surface area contributed by atoms with Gasteiger partial charge in [-0.1, -0.05) is 48.2 Å². The second-order valence-corrected chi connectivity index (χ2v) is 7.88. The van der Waals surface area contributed by atoms with Crippen LogP contribution in [0, 0.1) is 0 Å². The molecule has 0 bridgehead atoms. The number of carbonyl (C=O) groups is 1. The van der Waals surface area contributed by atoms with Gasteiger partial charge in [-0.05, 0) is 30.5 Å². The third kappa shape index (κ3) is 4.04. The molecule has 0 radical (unpaired) electrons. The molecule has 1 atom stereocenters. The van der Waals surface area contributed by atoms with Crippen molar-refractivity contribution in [2.75, 3.05) is 12.4 Å². The summed E-state index contributed by atoms with van der Waals surface area (Å²) in [7, 11) is 3.58. The number of nitrogens with zero attached hydrogens (tertiary/aromatic N) is 3. The van der Waals surface area contributed by atoms with Gasteiger partial charge < -0.3 is 14.6 Å². The lowest BCUT2D eigenvalue weighted by molar-refractivity contribution is -0.115. The van der Waals surface area contributed by atoms with E-state index in [1.165, 1.54) is 11.8 Å². The molecule has 1 aromatic heterocycles. The molecule has 1 aliphatic carbocycles. The molecule has 1 fully saturated rings. The molecular formula is C21H22N4O2S. The molecule has 1 heterocycles. The van der Waals surface area contributed by atoms with E-state index in [1.54, 1.807) is 13.2 Å². The molecule has 1 aliphatic rings. The Kier molecular flexibility index (Phi) is 5.34. The summed E-state index contributed by atoms with van der Waals surface area (Å²) in [5.41, 5.74) is 1.62. The number of aromatic nitrogens is 3.